The molecule has 0 unspecified atom stereocenters. The molecule has 1 aromatic carbocycles. The minimum atomic E-state index is -0.386. The molecular weight excluding hydrogens is 335 g/mol. The fourth-order valence-corrected chi connectivity index (χ4v) is 1.51. The highest BCUT2D eigenvalue weighted by molar-refractivity contribution is 14.1. The van der Waals surface area contributed by atoms with Gasteiger partial charge in [0.1, 0.15) is 5.75 Å². The maximum absolute atomic E-state index is 11.6. The molecule has 2 amide bonds. The number of halogens is 1. The fraction of sp³-hybridized carbons (Fsp3) is 0.273. The Morgan fingerprint density at radius 3 is 2.65 bits per heavy atom. The number of aromatic hydroxyl groups is 1. The van der Waals surface area contributed by atoms with Crippen LogP contribution in [0.3, 0.4) is 0 Å². The van der Waals surface area contributed by atoms with Crippen LogP contribution in [0, 0.1) is 3.57 Å². The maximum Gasteiger partial charge on any atom is 0.251 e. The third-order valence-electron chi connectivity index (χ3n) is 1.99. The standard InChI is InChI=1S/C11H13IN2O3/c1-2-13-10(16)6-14-11(17)7-3-4-8(12)9(15)5-7/h3-5,15H,2,6H2,1H3,(H,13,16)(H,14,17). The minimum Gasteiger partial charge on any atom is -0.507 e. The van der Waals surface area contributed by atoms with Crippen molar-refractivity contribution in [3.05, 3.63) is 27.3 Å². The van der Waals surface area contributed by atoms with E-state index in [0.29, 0.717) is 15.7 Å². The van der Waals surface area contributed by atoms with Gasteiger partial charge in [0, 0.05) is 12.1 Å². The highest BCUT2D eigenvalue weighted by atomic mass is 127. The Kier molecular flexibility index (Phi) is 5.20. The van der Waals surface area contributed by atoms with Crippen LogP contribution >= 0.6 is 22.6 Å². The first-order chi connectivity index (χ1) is 8.04. The summed E-state index contributed by atoms with van der Waals surface area (Å²) in [6.07, 6.45) is 0. The van der Waals surface area contributed by atoms with Crippen molar-refractivity contribution in [1.82, 2.24) is 10.6 Å². The first-order valence-electron chi connectivity index (χ1n) is 5.08. The van der Waals surface area contributed by atoms with Gasteiger partial charge in [-0.1, -0.05) is 0 Å². The summed E-state index contributed by atoms with van der Waals surface area (Å²) in [5.74, 6) is -0.574. The SMILES string of the molecule is CCNC(=O)CNC(=O)c1ccc(I)c(O)c1. The molecule has 0 heterocycles. The van der Waals surface area contributed by atoms with E-state index in [1.165, 1.54) is 6.07 Å². The first-order valence-corrected chi connectivity index (χ1v) is 6.16. The molecule has 92 valence electrons. The Bertz CT molecular complexity index is 435. The first kappa shape index (κ1) is 13.8. The molecule has 5 nitrogen and oxygen atoms in total. The van der Waals surface area contributed by atoms with Crippen LogP contribution in [0.25, 0.3) is 0 Å². The van der Waals surface area contributed by atoms with E-state index in [-0.39, 0.29) is 24.1 Å². The van der Waals surface area contributed by atoms with E-state index < -0.39 is 0 Å². The van der Waals surface area contributed by atoms with E-state index >= 15 is 0 Å². The lowest BCUT2D eigenvalue weighted by molar-refractivity contribution is -0.120. The van der Waals surface area contributed by atoms with E-state index in [9.17, 15) is 14.7 Å². The number of likely N-dealkylation sites (N-methyl/N-ethyl adjacent to an activating group) is 1. The molecule has 0 aliphatic carbocycles. The molecule has 0 fully saturated rings. The third kappa shape index (κ3) is 4.22. The topological polar surface area (TPSA) is 78.4 Å². The highest BCUT2D eigenvalue weighted by Crippen LogP contribution is 2.20. The normalized spacial score (nSPS) is 9.76. The Morgan fingerprint density at radius 2 is 2.06 bits per heavy atom. The average Bonchev–Trinajstić information content (AvgIpc) is 2.30. The van der Waals surface area contributed by atoms with Gasteiger partial charge in [-0.05, 0) is 47.7 Å². The lowest BCUT2D eigenvalue weighted by Crippen LogP contribution is -2.36. The summed E-state index contributed by atoms with van der Waals surface area (Å²) in [5.41, 5.74) is 0.326. The molecule has 0 saturated heterocycles. The Labute approximate surface area is 113 Å². The number of phenols is 1. The van der Waals surface area contributed by atoms with Crippen molar-refractivity contribution >= 4 is 34.4 Å². The van der Waals surface area contributed by atoms with Gasteiger partial charge < -0.3 is 15.7 Å². The monoisotopic (exact) mass is 348 g/mol. The third-order valence-corrected chi connectivity index (χ3v) is 2.90. The highest BCUT2D eigenvalue weighted by Gasteiger charge is 2.09. The Hall–Kier alpha value is -1.31. The molecule has 1 aromatic rings. The molecule has 3 N–H and O–H groups in total. The second-order valence-corrected chi connectivity index (χ2v) is 4.46. The van der Waals surface area contributed by atoms with Gasteiger partial charge in [0.25, 0.3) is 5.91 Å². The lowest BCUT2D eigenvalue weighted by atomic mass is 10.2. The second kappa shape index (κ2) is 6.43. The molecule has 1 rings (SSSR count). The van der Waals surface area contributed by atoms with Crippen LogP contribution in [0.4, 0.5) is 0 Å². The molecule has 6 heteroatoms. The molecule has 0 spiro atoms. The summed E-state index contributed by atoms with van der Waals surface area (Å²) in [4.78, 5) is 22.7. The molecule has 0 bridgehead atoms. The van der Waals surface area contributed by atoms with Crippen LogP contribution in [0.5, 0.6) is 5.75 Å². The average molecular weight is 348 g/mol. The van der Waals surface area contributed by atoms with Gasteiger partial charge in [-0.2, -0.15) is 0 Å². The Morgan fingerprint density at radius 1 is 1.35 bits per heavy atom. The summed E-state index contributed by atoms with van der Waals surface area (Å²) in [6, 6.07) is 4.60. The van der Waals surface area contributed by atoms with Gasteiger partial charge in [-0.25, -0.2) is 0 Å². The van der Waals surface area contributed by atoms with Crippen molar-refractivity contribution in [1.29, 1.82) is 0 Å². The zero-order valence-corrected chi connectivity index (χ0v) is 11.4. The van der Waals surface area contributed by atoms with Gasteiger partial charge in [-0.3, -0.25) is 9.59 Å². The summed E-state index contributed by atoms with van der Waals surface area (Å²) < 4.78 is 0.669. The van der Waals surface area contributed by atoms with Crippen LogP contribution in [0.15, 0.2) is 18.2 Å². The smallest absolute Gasteiger partial charge is 0.251 e. The molecule has 0 atom stereocenters. The van der Waals surface area contributed by atoms with Gasteiger partial charge in [-0.15, -0.1) is 0 Å². The van der Waals surface area contributed by atoms with Crippen LogP contribution in [-0.2, 0) is 4.79 Å². The van der Waals surface area contributed by atoms with Crippen molar-refractivity contribution < 1.29 is 14.7 Å². The predicted octanol–water partition coefficient (Wildman–Crippen LogP) is 0.863. The lowest BCUT2D eigenvalue weighted by Gasteiger charge is -2.06. The summed E-state index contributed by atoms with van der Waals surface area (Å²) in [6.45, 7) is 2.26. The second-order valence-electron chi connectivity index (χ2n) is 3.30. The van der Waals surface area contributed by atoms with Crippen molar-refractivity contribution in [2.45, 2.75) is 6.92 Å². The zero-order chi connectivity index (χ0) is 12.8. The van der Waals surface area contributed by atoms with Gasteiger partial charge in [0.2, 0.25) is 5.91 Å². The number of benzene rings is 1. The number of carbonyl (C=O) groups is 2. The van der Waals surface area contributed by atoms with Crippen LogP contribution in [0.1, 0.15) is 17.3 Å². The van der Waals surface area contributed by atoms with E-state index in [0.717, 1.165) is 0 Å². The van der Waals surface area contributed by atoms with Crippen molar-refractivity contribution in [2.24, 2.45) is 0 Å². The Balaban J connectivity index is 2.58. The van der Waals surface area contributed by atoms with Crippen LogP contribution in [-0.4, -0.2) is 30.0 Å². The molecule has 0 aliphatic heterocycles. The van der Waals surface area contributed by atoms with E-state index in [2.05, 4.69) is 10.6 Å². The summed E-state index contributed by atoms with van der Waals surface area (Å²) >= 11 is 1.96. The summed E-state index contributed by atoms with van der Waals surface area (Å²) in [7, 11) is 0. The molecular formula is C11H13IN2O3. The zero-order valence-electron chi connectivity index (χ0n) is 9.29. The number of phenolic OH excluding ortho intramolecular Hbond substituents is 1. The van der Waals surface area contributed by atoms with Crippen molar-refractivity contribution in [2.75, 3.05) is 13.1 Å². The number of carbonyl (C=O) groups excluding carboxylic acids is 2. The number of hydrogen-bond donors (Lipinski definition) is 3. The molecule has 17 heavy (non-hydrogen) atoms. The number of rotatable bonds is 4. The molecule has 0 aliphatic rings. The largest absolute Gasteiger partial charge is 0.507 e. The molecule has 0 radical (unpaired) electrons. The van der Waals surface area contributed by atoms with Gasteiger partial charge in [0.05, 0.1) is 10.1 Å². The quantitative estimate of drug-likeness (QED) is 0.707. The predicted molar refractivity (Wildman–Crippen MR) is 71.8 cm³/mol. The number of hydrogen-bond acceptors (Lipinski definition) is 3. The molecule has 0 saturated carbocycles. The minimum absolute atomic E-state index is 0.0521. The van der Waals surface area contributed by atoms with Gasteiger partial charge >= 0.3 is 0 Å². The number of amides is 2. The maximum atomic E-state index is 11.6. The number of nitrogens with one attached hydrogen (secondary N) is 2. The van der Waals surface area contributed by atoms with Crippen molar-refractivity contribution in [3.8, 4) is 5.75 Å². The fourth-order valence-electron chi connectivity index (χ4n) is 1.18. The van der Waals surface area contributed by atoms with Crippen molar-refractivity contribution in [3.63, 3.8) is 0 Å². The van der Waals surface area contributed by atoms with E-state index in [1.54, 1.807) is 19.1 Å². The van der Waals surface area contributed by atoms with Gasteiger partial charge in [0.15, 0.2) is 0 Å². The van der Waals surface area contributed by atoms with E-state index in [4.69, 9.17) is 0 Å². The van der Waals surface area contributed by atoms with E-state index in [1.807, 2.05) is 22.6 Å². The van der Waals surface area contributed by atoms with Crippen LogP contribution < -0.4 is 10.6 Å². The summed E-state index contributed by atoms with van der Waals surface area (Å²) in [5, 5.41) is 14.5. The van der Waals surface area contributed by atoms with Crippen LogP contribution in [0.2, 0.25) is 0 Å². The molecule has 0 aromatic heterocycles.